The number of hydroxylamine groups is 1. The lowest BCUT2D eigenvalue weighted by molar-refractivity contribution is -0.0788. The Balaban J connectivity index is 2.12. The first-order valence-corrected chi connectivity index (χ1v) is 5.88. The van der Waals surface area contributed by atoms with Gasteiger partial charge in [0, 0.05) is 6.54 Å². The van der Waals surface area contributed by atoms with Crippen molar-refractivity contribution in [2.75, 3.05) is 6.54 Å². The molecule has 2 unspecified atom stereocenters. The van der Waals surface area contributed by atoms with Crippen molar-refractivity contribution in [1.29, 1.82) is 0 Å². The van der Waals surface area contributed by atoms with Crippen molar-refractivity contribution in [3.8, 4) is 0 Å². The molecule has 84 valence electrons. The summed E-state index contributed by atoms with van der Waals surface area (Å²) in [6.07, 6.45) is 5.53. The molecule has 2 atom stereocenters. The average molecular weight is 199 g/mol. The van der Waals surface area contributed by atoms with E-state index in [-0.39, 0.29) is 5.60 Å². The van der Waals surface area contributed by atoms with Gasteiger partial charge in [-0.2, -0.15) is 0 Å². The molecule has 1 fully saturated rings. The van der Waals surface area contributed by atoms with Crippen molar-refractivity contribution in [1.82, 2.24) is 5.48 Å². The van der Waals surface area contributed by atoms with Gasteiger partial charge in [0.25, 0.3) is 0 Å². The highest BCUT2D eigenvalue weighted by atomic mass is 16.7. The summed E-state index contributed by atoms with van der Waals surface area (Å²) in [7, 11) is 0. The van der Waals surface area contributed by atoms with E-state index in [1.165, 1.54) is 25.7 Å². The van der Waals surface area contributed by atoms with Crippen LogP contribution in [-0.4, -0.2) is 12.1 Å². The van der Waals surface area contributed by atoms with E-state index in [0.717, 1.165) is 18.4 Å². The lowest BCUT2D eigenvalue weighted by Crippen LogP contribution is -2.33. The predicted octanol–water partition coefficient (Wildman–Crippen LogP) is 3.13. The van der Waals surface area contributed by atoms with E-state index in [1.54, 1.807) is 0 Å². The molecule has 14 heavy (non-hydrogen) atoms. The molecule has 1 rings (SSSR count). The molecule has 2 heteroatoms. The second-order valence-corrected chi connectivity index (χ2v) is 5.70. The van der Waals surface area contributed by atoms with Crippen LogP contribution in [0.5, 0.6) is 0 Å². The molecular formula is C12H25NO. The molecule has 1 aliphatic rings. The van der Waals surface area contributed by atoms with Gasteiger partial charge in [0.1, 0.15) is 0 Å². The summed E-state index contributed by atoms with van der Waals surface area (Å²) >= 11 is 0. The minimum Gasteiger partial charge on any atom is -0.296 e. The Hall–Kier alpha value is -0.0800. The molecular weight excluding hydrogens is 174 g/mol. The van der Waals surface area contributed by atoms with Crippen LogP contribution in [0, 0.1) is 11.8 Å². The zero-order chi connectivity index (χ0) is 10.6. The Kier molecular flexibility index (Phi) is 4.39. The zero-order valence-corrected chi connectivity index (χ0v) is 10.1. The van der Waals surface area contributed by atoms with E-state index in [4.69, 9.17) is 4.84 Å². The van der Waals surface area contributed by atoms with Gasteiger partial charge in [0.05, 0.1) is 5.60 Å². The van der Waals surface area contributed by atoms with Crippen molar-refractivity contribution in [3.63, 3.8) is 0 Å². The van der Waals surface area contributed by atoms with Crippen molar-refractivity contribution in [2.24, 2.45) is 11.8 Å². The van der Waals surface area contributed by atoms with Gasteiger partial charge in [0.2, 0.25) is 0 Å². The largest absolute Gasteiger partial charge is 0.296 e. The molecule has 1 N–H and O–H groups in total. The third-order valence-corrected chi connectivity index (χ3v) is 2.80. The summed E-state index contributed by atoms with van der Waals surface area (Å²) in [5.41, 5.74) is 3.05. The Bertz CT molecular complexity index is 162. The first-order chi connectivity index (χ1) is 6.47. The molecule has 2 nitrogen and oxygen atoms in total. The van der Waals surface area contributed by atoms with E-state index in [9.17, 15) is 0 Å². The number of nitrogens with one attached hydrogen (secondary N) is 1. The Morgan fingerprint density at radius 1 is 1.29 bits per heavy atom. The quantitative estimate of drug-likeness (QED) is 0.705. The third kappa shape index (κ3) is 4.97. The van der Waals surface area contributed by atoms with Gasteiger partial charge in [-0.25, -0.2) is 5.48 Å². The van der Waals surface area contributed by atoms with E-state index in [1.807, 2.05) is 0 Å². The fourth-order valence-electron chi connectivity index (χ4n) is 2.12. The summed E-state index contributed by atoms with van der Waals surface area (Å²) < 4.78 is 0. The third-order valence-electron chi connectivity index (χ3n) is 2.80. The monoisotopic (exact) mass is 199 g/mol. The molecule has 0 aromatic carbocycles. The van der Waals surface area contributed by atoms with E-state index in [0.29, 0.717) is 0 Å². The van der Waals surface area contributed by atoms with E-state index >= 15 is 0 Å². The highest BCUT2D eigenvalue weighted by molar-refractivity contribution is 4.71. The maximum Gasteiger partial charge on any atom is 0.0812 e. The molecule has 0 amide bonds. The van der Waals surface area contributed by atoms with Crippen LogP contribution in [0.2, 0.25) is 0 Å². The molecule has 0 bridgehead atoms. The summed E-state index contributed by atoms with van der Waals surface area (Å²) in [5.74, 6) is 1.73. The maximum absolute atomic E-state index is 5.52. The molecule has 1 saturated carbocycles. The first-order valence-electron chi connectivity index (χ1n) is 5.88. The standard InChI is InChI=1S/C12H25NO/c1-10-6-5-7-11(8-10)9-13-14-12(2,3)4/h10-11,13H,5-9H2,1-4H3. The summed E-state index contributed by atoms with van der Waals surface area (Å²) in [5, 5.41) is 0. The minimum atomic E-state index is -0.0692. The van der Waals surface area contributed by atoms with Crippen molar-refractivity contribution < 1.29 is 4.84 Å². The normalized spacial score (nSPS) is 29.1. The van der Waals surface area contributed by atoms with Gasteiger partial charge in [-0.3, -0.25) is 4.84 Å². The van der Waals surface area contributed by atoms with Crippen LogP contribution in [0.1, 0.15) is 53.4 Å². The van der Waals surface area contributed by atoms with Crippen LogP contribution in [0.3, 0.4) is 0 Å². The van der Waals surface area contributed by atoms with Gasteiger partial charge >= 0.3 is 0 Å². The minimum absolute atomic E-state index is 0.0692. The predicted molar refractivity (Wildman–Crippen MR) is 60.0 cm³/mol. The average Bonchev–Trinajstić information content (AvgIpc) is 2.01. The maximum atomic E-state index is 5.52. The second kappa shape index (κ2) is 5.13. The van der Waals surface area contributed by atoms with Crippen molar-refractivity contribution >= 4 is 0 Å². The lowest BCUT2D eigenvalue weighted by Gasteiger charge is -2.28. The van der Waals surface area contributed by atoms with Crippen molar-refractivity contribution in [3.05, 3.63) is 0 Å². The smallest absolute Gasteiger partial charge is 0.0812 e. The summed E-state index contributed by atoms with van der Waals surface area (Å²) in [4.78, 5) is 5.52. The number of rotatable bonds is 3. The fourth-order valence-corrected chi connectivity index (χ4v) is 2.12. The van der Waals surface area contributed by atoms with Gasteiger partial charge in [-0.1, -0.05) is 19.8 Å². The van der Waals surface area contributed by atoms with Crippen LogP contribution >= 0.6 is 0 Å². The zero-order valence-electron chi connectivity index (χ0n) is 10.1. The molecule has 0 saturated heterocycles. The van der Waals surface area contributed by atoms with Crippen LogP contribution in [0.15, 0.2) is 0 Å². The second-order valence-electron chi connectivity index (χ2n) is 5.70. The summed E-state index contributed by atoms with van der Waals surface area (Å²) in [6, 6.07) is 0. The molecule has 0 aliphatic heterocycles. The molecule has 1 aliphatic carbocycles. The highest BCUT2D eigenvalue weighted by Crippen LogP contribution is 2.27. The number of hydrogen-bond donors (Lipinski definition) is 1. The fraction of sp³-hybridized carbons (Fsp3) is 1.00. The molecule has 0 aromatic heterocycles. The topological polar surface area (TPSA) is 21.3 Å². The van der Waals surface area contributed by atoms with Gasteiger partial charge in [0.15, 0.2) is 0 Å². The van der Waals surface area contributed by atoms with Crippen LogP contribution in [0.4, 0.5) is 0 Å². The van der Waals surface area contributed by atoms with E-state index < -0.39 is 0 Å². The van der Waals surface area contributed by atoms with Crippen LogP contribution < -0.4 is 5.48 Å². The SMILES string of the molecule is CC1CCCC(CNOC(C)(C)C)C1. The van der Waals surface area contributed by atoms with Crippen LogP contribution in [0.25, 0.3) is 0 Å². The highest BCUT2D eigenvalue weighted by Gasteiger charge is 2.19. The van der Waals surface area contributed by atoms with Gasteiger partial charge < -0.3 is 0 Å². The Morgan fingerprint density at radius 3 is 2.57 bits per heavy atom. The molecule has 0 heterocycles. The van der Waals surface area contributed by atoms with E-state index in [2.05, 4.69) is 33.2 Å². The summed E-state index contributed by atoms with van der Waals surface area (Å²) in [6.45, 7) is 9.59. The van der Waals surface area contributed by atoms with Gasteiger partial charge in [-0.05, 0) is 45.4 Å². The Labute approximate surface area is 88.4 Å². The Morgan fingerprint density at radius 2 is 2.00 bits per heavy atom. The molecule has 0 spiro atoms. The first kappa shape index (κ1) is 12.0. The van der Waals surface area contributed by atoms with Crippen molar-refractivity contribution in [2.45, 2.75) is 59.0 Å². The molecule has 0 aromatic rings. The number of hydrogen-bond acceptors (Lipinski definition) is 2. The van der Waals surface area contributed by atoms with Crippen LogP contribution in [-0.2, 0) is 4.84 Å². The lowest BCUT2D eigenvalue weighted by atomic mass is 9.82. The van der Waals surface area contributed by atoms with Gasteiger partial charge in [-0.15, -0.1) is 0 Å². The molecule has 0 radical (unpaired) electrons.